The molecule has 0 atom stereocenters. The van der Waals surface area contributed by atoms with E-state index in [2.05, 4.69) is 15.0 Å². The van der Waals surface area contributed by atoms with Gasteiger partial charge in [0, 0.05) is 42.1 Å². The van der Waals surface area contributed by atoms with Crippen LogP contribution < -0.4 is 14.7 Å². The van der Waals surface area contributed by atoms with Gasteiger partial charge in [-0.2, -0.15) is 15.0 Å². The molecule has 27 heavy (non-hydrogen) atoms. The molecule has 0 aliphatic carbocycles. The van der Waals surface area contributed by atoms with Gasteiger partial charge in [0.25, 0.3) is 0 Å². The molecule has 0 aromatic carbocycles. The molecule has 0 bridgehead atoms. The summed E-state index contributed by atoms with van der Waals surface area (Å²) in [7, 11) is 4.34. The van der Waals surface area contributed by atoms with E-state index in [0.717, 1.165) is 9.80 Å². The molecule has 150 valence electrons. The first-order chi connectivity index (χ1) is 12.8. The number of hydrogen-bond acceptors (Lipinski definition) is 10. The Morgan fingerprint density at radius 3 is 1.56 bits per heavy atom. The van der Waals surface area contributed by atoms with Gasteiger partial charge in [-0.05, 0) is 0 Å². The summed E-state index contributed by atoms with van der Waals surface area (Å²) < 4.78 is 15.2. The van der Waals surface area contributed by atoms with Crippen molar-refractivity contribution < 1.29 is 28.6 Å². The Balaban J connectivity index is 3.60. The summed E-state index contributed by atoms with van der Waals surface area (Å²) in [4.78, 5) is 51.6. The van der Waals surface area contributed by atoms with Gasteiger partial charge in [0.1, 0.15) is 20.2 Å². The van der Waals surface area contributed by atoms with Crippen LogP contribution in [0.25, 0.3) is 0 Å². The normalized spacial score (nSPS) is 10.4. The molecule has 0 aliphatic rings. The predicted molar refractivity (Wildman–Crippen MR) is 94.9 cm³/mol. The maximum absolute atomic E-state index is 12.0. The van der Waals surface area contributed by atoms with Crippen molar-refractivity contribution in [1.29, 1.82) is 0 Å². The average Bonchev–Trinajstić information content (AvgIpc) is 2.58. The molecule has 0 spiro atoms. The van der Waals surface area contributed by atoms with Crippen LogP contribution in [0, 0.1) is 0 Å². The number of rotatable bonds is 9. The molecule has 1 aromatic rings. The lowest BCUT2D eigenvalue weighted by molar-refractivity contribution is -0.124. The van der Waals surface area contributed by atoms with Gasteiger partial charge in [-0.15, -0.1) is 0 Å². The number of carbonyl (C=O) groups excluding carboxylic acids is 3. The standard InChI is InChI=1S/C15H24N6O6/c1-10(22)20(9-27-6)14-16-13(19(7-25-4)8-26-5)17-15(18-14)21(11(2)23)12(3)24/h7-9H2,1-6H3. The lowest BCUT2D eigenvalue weighted by Gasteiger charge is -2.25. The minimum absolute atomic E-state index is 0.0496. The van der Waals surface area contributed by atoms with Crippen molar-refractivity contribution in [3.05, 3.63) is 0 Å². The van der Waals surface area contributed by atoms with Crippen LogP contribution in [0.5, 0.6) is 0 Å². The Morgan fingerprint density at radius 2 is 1.15 bits per heavy atom. The lowest BCUT2D eigenvalue weighted by atomic mass is 10.5. The van der Waals surface area contributed by atoms with Crippen LogP contribution in [-0.4, -0.2) is 74.2 Å². The fourth-order valence-corrected chi connectivity index (χ4v) is 2.09. The van der Waals surface area contributed by atoms with Crippen molar-refractivity contribution in [2.24, 2.45) is 0 Å². The summed E-state index contributed by atoms with van der Waals surface area (Å²) in [5.74, 6) is -1.84. The fourth-order valence-electron chi connectivity index (χ4n) is 2.09. The number of nitrogens with zero attached hydrogens (tertiary/aromatic N) is 6. The quantitative estimate of drug-likeness (QED) is 0.525. The Hall–Kier alpha value is -2.70. The third-order valence-corrected chi connectivity index (χ3v) is 3.16. The van der Waals surface area contributed by atoms with Crippen LogP contribution in [0.15, 0.2) is 0 Å². The highest BCUT2D eigenvalue weighted by atomic mass is 16.5. The second-order valence-corrected chi connectivity index (χ2v) is 5.35. The lowest BCUT2D eigenvalue weighted by Crippen LogP contribution is -2.38. The second kappa shape index (κ2) is 10.4. The van der Waals surface area contributed by atoms with Gasteiger partial charge in [-0.1, -0.05) is 0 Å². The van der Waals surface area contributed by atoms with Gasteiger partial charge >= 0.3 is 0 Å². The van der Waals surface area contributed by atoms with Crippen LogP contribution in [-0.2, 0) is 28.6 Å². The molecule has 0 radical (unpaired) electrons. The second-order valence-electron chi connectivity index (χ2n) is 5.35. The highest BCUT2D eigenvalue weighted by Crippen LogP contribution is 2.20. The summed E-state index contributed by atoms with van der Waals surface area (Å²) in [6, 6.07) is 0. The van der Waals surface area contributed by atoms with Crippen LogP contribution in [0.1, 0.15) is 20.8 Å². The molecule has 0 N–H and O–H groups in total. The molecule has 0 saturated heterocycles. The number of ether oxygens (including phenoxy) is 3. The molecule has 0 unspecified atom stereocenters. The Labute approximate surface area is 157 Å². The Morgan fingerprint density at radius 1 is 0.704 bits per heavy atom. The number of hydrogen-bond donors (Lipinski definition) is 0. The van der Waals surface area contributed by atoms with E-state index in [1.54, 1.807) is 0 Å². The Kier molecular flexibility index (Phi) is 8.65. The molecule has 0 aliphatic heterocycles. The number of carbonyl (C=O) groups is 3. The van der Waals surface area contributed by atoms with E-state index in [0.29, 0.717) is 0 Å². The van der Waals surface area contributed by atoms with E-state index in [1.165, 1.54) is 47.0 Å². The minimum atomic E-state index is -0.586. The number of amides is 3. The third-order valence-electron chi connectivity index (χ3n) is 3.16. The molecule has 0 saturated carbocycles. The van der Waals surface area contributed by atoms with Crippen molar-refractivity contribution in [2.75, 3.05) is 56.2 Å². The number of anilines is 3. The van der Waals surface area contributed by atoms with Crippen molar-refractivity contribution in [3.8, 4) is 0 Å². The van der Waals surface area contributed by atoms with Crippen molar-refractivity contribution in [1.82, 2.24) is 15.0 Å². The van der Waals surface area contributed by atoms with Gasteiger partial charge in [0.05, 0.1) is 0 Å². The van der Waals surface area contributed by atoms with Crippen LogP contribution in [0.3, 0.4) is 0 Å². The molecule has 0 fully saturated rings. The topological polar surface area (TPSA) is 127 Å². The first kappa shape index (κ1) is 22.3. The molecule has 1 heterocycles. The van der Waals surface area contributed by atoms with E-state index in [9.17, 15) is 14.4 Å². The van der Waals surface area contributed by atoms with E-state index in [1.807, 2.05) is 0 Å². The zero-order chi connectivity index (χ0) is 20.6. The first-order valence-corrected chi connectivity index (χ1v) is 7.84. The average molecular weight is 384 g/mol. The fraction of sp³-hybridized carbons (Fsp3) is 0.600. The van der Waals surface area contributed by atoms with Crippen molar-refractivity contribution in [3.63, 3.8) is 0 Å². The molecular formula is C15H24N6O6. The van der Waals surface area contributed by atoms with Gasteiger partial charge in [0.2, 0.25) is 35.6 Å². The first-order valence-electron chi connectivity index (χ1n) is 7.84. The van der Waals surface area contributed by atoms with Crippen molar-refractivity contribution >= 4 is 35.6 Å². The molecule has 3 amide bonds. The van der Waals surface area contributed by atoms with Crippen LogP contribution >= 0.6 is 0 Å². The zero-order valence-corrected chi connectivity index (χ0v) is 16.3. The SMILES string of the molecule is COCN(COC)c1nc(N(COC)C(C)=O)nc(N(C(C)=O)C(C)=O)n1. The van der Waals surface area contributed by atoms with E-state index in [4.69, 9.17) is 14.2 Å². The minimum Gasteiger partial charge on any atom is -0.364 e. The largest absolute Gasteiger partial charge is 0.364 e. The predicted octanol–water partition coefficient (Wildman–Crippen LogP) is -0.258. The molecular weight excluding hydrogens is 360 g/mol. The summed E-state index contributed by atoms with van der Waals surface area (Å²) in [5.41, 5.74) is 0. The summed E-state index contributed by atoms with van der Waals surface area (Å²) in [5, 5.41) is 0. The molecule has 1 rings (SSSR count). The van der Waals surface area contributed by atoms with Crippen molar-refractivity contribution in [2.45, 2.75) is 20.8 Å². The van der Waals surface area contributed by atoms with Gasteiger partial charge in [0.15, 0.2) is 0 Å². The highest BCUT2D eigenvalue weighted by molar-refractivity contribution is 6.12. The molecule has 12 heteroatoms. The van der Waals surface area contributed by atoms with E-state index < -0.39 is 17.7 Å². The van der Waals surface area contributed by atoms with Gasteiger partial charge < -0.3 is 14.2 Å². The summed E-state index contributed by atoms with van der Waals surface area (Å²) in [6.45, 7) is 3.68. The smallest absolute Gasteiger partial charge is 0.245 e. The number of aromatic nitrogens is 3. The highest BCUT2D eigenvalue weighted by Gasteiger charge is 2.26. The molecule has 1 aromatic heterocycles. The van der Waals surface area contributed by atoms with E-state index >= 15 is 0 Å². The summed E-state index contributed by atoms with van der Waals surface area (Å²) >= 11 is 0. The third kappa shape index (κ3) is 5.91. The van der Waals surface area contributed by atoms with Gasteiger partial charge in [-0.3, -0.25) is 24.2 Å². The van der Waals surface area contributed by atoms with Gasteiger partial charge in [-0.25, -0.2) is 4.90 Å². The maximum Gasteiger partial charge on any atom is 0.245 e. The maximum atomic E-state index is 12.0. The number of methoxy groups -OCH3 is 3. The molecule has 12 nitrogen and oxygen atoms in total. The van der Waals surface area contributed by atoms with Crippen LogP contribution in [0.2, 0.25) is 0 Å². The van der Waals surface area contributed by atoms with Crippen LogP contribution in [0.4, 0.5) is 17.8 Å². The Bertz CT molecular complexity index is 665. The summed E-state index contributed by atoms with van der Waals surface area (Å²) in [6.07, 6.45) is 0. The zero-order valence-electron chi connectivity index (χ0n) is 16.3. The van der Waals surface area contributed by atoms with E-state index in [-0.39, 0.29) is 38.0 Å². The monoisotopic (exact) mass is 384 g/mol. The number of imide groups is 1.